The largest absolute Gasteiger partial charge is 0.490 e. The van der Waals surface area contributed by atoms with Crippen molar-refractivity contribution >= 4 is 5.82 Å². The number of nitrogens with zero attached hydrogens (tertiary/aromatic N) is 1. The Kier molecular flexibility index (Phi) is 5.25. The lowest BCUT2D eigenvalue weighted by Crippen LogP contribution is -2.24. The van der Waals surface area contributed by atoms with E-state index in [0.717, 1.165) is 6.42 Å². The monoisotopic (exact) mass is 262 g/mol. The standard InChI is InChI=1S/C12H17F3N2O/c1-3-7-18-10-5-4-6-16-11(10)17-9(2)8-12(13,14)15/h4-6,9H,3,7-8H2,1-2H3,(H,16,17). The first-order valence-electron chi connectivity index (χ1n) is 5.83. The highest BCUT2D eigenvalue weighted by atomic mass is 19.4. The first-order chi connectivity index (χ1) is 8.42. The molecule has 0 amide bonds. The van der Waals surface area contributed by atoms with Crippen LogP contribution < -0.4 is 10.1 Å². The molecule has 1 atom stereocenters. The second kappa shape index (κ2) is 6.47. The summed E-state index contributed by atoms with van der Waals surface area (Å²) in [6.07, 6.45) is -2.75. The van der Waals surface area contributed by atoms with Gasteiger partial charge in [0.05, 0.1) is 13.0 Å². The van der Waals surface area contributed by atoms with Gasteiger partial charge in [-0.1, -0.05) is 6.92 Å². The van der Waals surface area contributed by atoms with E-state index in [1.807, 2.05) is 6.92 Å². The van der Waals surface area contributed by atoms with E-state index in [2.05, 4.69) is 10.3 Å². The van der Waals surface area contributed by atoms with Crippen molar-refractivity contribution in [3.8, 4) is 5.75 Å². The topological polar surface area (TPSA) is 34.1 Å². The van der Waals surface area contributed by atoms with E-state index in [1.54, 1.807) is 12.1 Å². The lowest BCUT2D eigenvalue weighted by Gasteiger charge is -2.18. The molecule has 0 radical (unpaired) electrons. The molecule has 18 heavy (non-hydrogen) atoms. The van der Waals surface area contributed by atoms with Crippen LogP contribution >= 0.6 is 0 Å². The predicted molar refractivity (Wildman–Crippen MR) is 63.8 cm³/mol. The Morgan fingerprint density at radius 1 is 1.44 bits per heavy atom. The maximum absolute atomic E-state index is 12.2. The van der Waals surface area contributed by atoms with Crippen LogP contribution in [0.3, 0.4) is 0 Å². The number of anilines is 1. The molecule has 0 aliphatic rings. The van der Waals surface area contributed by atoms with Gasteiger partial charge in [-0.15, -0.1) is 0 Å². The molecule has 0 bridgehead atoms. The van der Waals surface area contributed by atoms with Gasteiger partial charge in [0.1, 0.15) is 0 Å². The Morgan fingerprint density at radius 3 is 2.78 bits per heavy atom. The van der Waals surface area contributed by atoms with Crippen molar-refractivity contribution in [2.45, 2.75) is 38.9 Å². The number of alkyl halides is 3. The van der Waals surface area contributed by atoms with Gasteiger partial charge in [-0.2, -0.15) is 13.2 Å². The van der Waals surface area contributed by atoms with Gasteiger partial charge in [-0.05, 0) is 25.5 Å². The Hall–Kier alpha value is -1.46. The highest BCUT2D eigenvalue weighted by molar-refractivity contribution is 5.50. The summed E-state index contributed by atoms with van der Waals surface area (Å²) in [4.78, 5) is 4.00. The maximum atomic E-state index is 12.2. The zero-order chi connectivity index (χ0) is 13.6. The first kappa shape index (κ1) is 14.6. The first-order valence-corrected chi connectivity index (χ1v) is 5.83. The van der Waals surface area contributed by atoms with Gasteiger partial charge in [0, 0.05) is 12.2 Å². The smallest absolute Gasteiger partial charge is 0.391 e. The van der Waals surface area contributed by atoms with Crippen molar-refractivity contribution in [2.75, 3.05) is 11.9 Å². The van der Waals surface area contributed by atoms with Crippen molar-refractivity contribution in [3.63, 3.8) is 0 Å². The normalized spacial score (nSPS) is 13.2. The van der Waals surface area contributed by atoms with Crippen LogP contribution in [0.25, 0.3) is 0 Å². The summed E-state index contributed by atoms with van der Waals surface area (Å²) in [5.41, 5.74) is 0. The Morgan fingerprint density at radius 2 is 2.17 bits per heavy atom. The molecular weight excluding hydrogens is 245 g/mol. The number of pyridine rings is 1. The van der Waals surface area contributed by atoms with E-state index in [9.17, 15) is 13.2 Å². The van der Waals surface area contributed by atoms with Gasteiger partial charge in [-0.25, -0.2) is 4.98 Å². The molecule has 102 valence electrons. The number of halogens is 3. The molecule has 6 heteroatoms. The van der Waals surface area contributed by atoms with Crippen LogP contribution in [0, 0.1) is 0 Å². The molecule has 1 unspecified atom stereocenters. The lowest BCUT2D eigenvalue weighted by atomic mass is 10.2. The number of nitrogens with one attached hydrogen (secondary N) is 1. The van der Waals surface area contributed by atoms with Crippen molar-refractivity contribution in [2.24, 2.45) is 0 Å². The minimum Gasteiger partial charge on any atom is -0.490 e. The summed E-state index contributed by atoms with van der Waals surface area (Å²) in [6.45, 7) is 3.93. The number of rotatable bonds is 6. The number of hydrogen-bond acceptors (Lipinski definition) is 3. The Balaban J connectivity index is 2.65. The fraction of sp³-hybridized carbons (Fsp3) is 0.583. The Labute approximate surface area is 104 Å². The summed E-state index contributed by atoms with van der Waals surface area (Å²) in [5.74, 6) is 0.830. The molecule has 0 aliphatic carbocycles. The number of hydrogen-bond donors (Lipinski definition) is 1. The van der Waals surface area contributed by atoms with Gasteiger partial charge in [0.25, 0.3) is 0 Å². The maximum Gasteiger partial charge on any atom is 0.391 e. The van der Waals surface area contributed by atoms with Crippen molar-refractivity contribution in [3.05, 3.63) is 18.3 Å². The lowest BCUT2D eigenvalue weighted by molar-refractivity contribution is -0.136. The molecule has 1 N–H and O–H groups in total. The molecule has 0 saturated heterocycles. The summed E-state index contributed by atoms with van der Waals surface area (Å²) in [7, 11) is 0. The zero-order valence-electron chi connectivity index (χ0n) is 10.4. The molecule has 1 heterocycles. The van der Waals surface area contributed by atoms with Gasteiger partial charge >= 0.3 is 6.18 Å². The van der Waals surface area contributed by atoms with E-state index in [0.29, 0.717) is 18.2 Å². The van der Waals surface area contributed by atoms with Gasteiger partial charge in [0.15, 0.2) is 11.6 Å². The van der Waals surface area contributed by atoms with Crippen LogP contribution in [0.15, 0.2) is 18.3 Å². The molecule has 1 aromatic heterocycles. The predicted octanol–water partition coefficient (Wildman–Crippen LogP) is 3.62. The molecule has 1 rings (SSSR count). The summed E-state index contributed by atoms with van der Waals surface area (Å²) >= 11 is 0. The SMILES string of the molecule is CCCOc1cccnc1NC(C)CC(F)(F)F. The molecule has 0 spiro atoms. The second-order valence-corrected chi connectivity index (χ2v) is 4.06. The van der Waals surface area contributed by atoms with Gasteiger partial charge in [-0.3, -0.25) is 0 Å². The zero-order valence-corrected chi connectivity index (χ0v) is 10.4. The van der Waals surface area contributed by atoms with Gasteiger partial charge < -0.3 is 10.1 Å². The fourth-order valence-electron chi connectivity index (χ4n) is 1.46. The quantitative estimate of drug-likeness (QED) is 0.850. The van der Waals surface area contributed by atoms with E-state index >= 15 is 0 Å². The third-order valence-electron chi connectivity index (χ3n) is 2.15. The summed E-state index contributed by atoms with van der Waals surface area (Å²) in [6, 6.07) is 2.62. The molecule has 0 fully saturated rings. The van der Waals surface area contributed by atoms with Crippen LogP contribution in [0.5, 0.6) is 5.75 Å². The highest BCUT2D eigenvalue weighted by Crippen LogP contribution is 2.26. The van der Waals surface area contributed by atoms with Crippen LogP contribution in [-0.2, 0) is 0 Å². The van der Waals surface area contributed by atoms with Gasteiger partial charge in [0.2, 0.25) is 0 Å². The minimum absolute atomic E-state index is 0.350. The average molecular weight is 262 g/mol. The minimum atomic E-state index is -4.19. The summed E-state index contributed by atoms with van der Waals surface area (Å²) in [5, 5.41) is 2.72. The van der Waals surface area contributed by atoms with E-state index in [-0.39, 0.29) is 0 Å². The molecule has 1 aromatic rings. The van der Waals surface area contributed by atoms with E-state index in [4.69, 9.17) is 4.74 Å². The molecule has 0 saturated carbocycles. The van der Waals surface area contributed by atoms with Crippen LogP contribution in [0.2, 0.25) is 0 Å². The van der Waals surface area contributed by atoms with Crippen molar-refractivity contribution < 1.29 is 17.9 Å². The van der Waals surface area contributed by atoms with Crippen molar-refractivity contribution in [1.82, 2.24) is 4.98 Å². The molecule has 0 aromatic carbocycles. The number of aromatic nitrogens is 1. The molecular formula is C12H17F3N2O. The molecule has 0 aliphatic heterocycles. The van der Waals surface area contributed by atoms with Crippen LogP contribution in [0.4, 0.5) is 19.0 Å². The number of ether oxygens (including phenoxy) is 1. The van der Waals surface area contributed by atoms with Crippen LogP contribution in [-0.4, -0.2) is 23.8 Å². The molecule has 3 nitrogen and oxygen atoms in total. The van der Waals surface area contributed by atoms with E-state index in [1.165, 1.54) is 13.1 Å². The third kappa shape index (κ3) is 5.25. The highest BCUT2D eigenvalue weighted by Gasteiger charge is 2.30. The Bertz CT molecular complexity index is 369. The third-order valence-corrected chi connectivity index (χ3v) is 2.15. The fourth-order valence-corrected chi connectivity index (χ4v) is 1.46. The average Bonchev–Trinajstić information content (AvgIpc) is 2.25. The second-order valence-electron chi connectivity index (χ2n) is 4.06. The van der Waals surface area contributed by atoms with Crippen molar-refractivity contribution in [1.29, 1.82) is 0 Å². The van der Waals surface area contributed by atoms with Crippen LogP contribution in [0.1, 0.15) is 26.7 Å². The summed E-state index contributed by atoms with van der Waals surface area (Å²) < 4.78 is 42.1. The van der Waals surface area contributed by atoms with E-state index < -0.39 is 18.6 Å².